The number of furan rings is 1. The molecule has 1 amide bonds. The SMILES string of the molecule is CN=C(NCC(=O)NCc1ccco1)N1CCN(c2ccccc2O)CC1. The van der Waals surface area contributed by atoms with Gasteiger partial charge in [-0.2, -0.15) is 0 Å². The molecule has 27 heavy (non-hydrogen) atoms. The van der Waals surface area contributed by atoms with Crippen LogP contribution < -0.4 is 15.5 Å². The topological polar surface area (TPSA) is 93.3 Å². The normalized spacial score (nSPS) is 14.9. The van der Waals surface area contributed by atoms with Gasteiger partial charge >= 0.3 is 0 Å². The van der Waals surface area contributed by atoms with Crippen molar-refractivity contribution in [3.05, 3.63) is 48.4 Å². The number of para-hydroxylation sites is 2. The number of nitrogens with zero attached hydrogens (tertiary/aromatic N) is 3. The van der Waals surface area contributed by atoms with Crippen LogP contribution in [0.4, 0.5) is 5.69 Å². The van der Waals surface area contributed by atoms with E-state index in [0.717, 1.165) is 31.9 Å². The van der Waals surface area contributed by atoms with Gasteiger partial charge in [0.2, 0.25) is 5.91 Å². The molecule has 0 saturated carbocycles. The van der Waals surface area contributed by atoms with Gasteiger partial charge in [-0.05, 0) is 24.3 Å². The van der Waals surface area contributed by atoms with Crippen molar-refractivity contribution >= 4 is 17.6 Å². The van der Waals surface area contributed by atoms with E-state index in [1.807, 2.05) is 24.3 Å². The van der Waals surface area contributed by atoms with Crippen molar-refractivity contribution in [3.63, 3.8) is 0 Å². The van der Waals surface area contributed by atoms with Crippen LogP contribution in [0.25, 0.3) is 0 Å². The summed E-state index contributed by atoms with van der Waals surface area (Å²) < 4.78 is 5.19. The quantitative estimate of drug-likeness (QED) is 0.536. The molecule has 2 aromatic rings. The second-order valence-electron chi connectivity index (χ2n) is 6.22. The largest absolute Gasteiger partial charge is 0.506 e. The Labute approximate surface area is 158 Å². The zero-order valence-electron chi connectivity index (χ0n) is 15.4. The number of aromatic hydroxyl groups is 1. The molecule has 1 fully saturated rings. The van der Waals surface area contributed by atoms with Crippen molar-refractivity contribution in [2.75, 3.05) is 44.7 Å². The first-order valence-electron chi connectivity index (χ1n) is 8.95. The average Bonchev–Trinajstić information content (AvgIpc) is 3.21. The highest BCUT2D eigenvalue weighted by Gasteiger charge is 2.21. The van der Waals surface area contributed by atoms with E-state index < -0.39 is 0 Å². The number of phenolic OH excluding ortho intramolecular Hbond substituents is 1. The van der Waals surface area contributed by atoms with Crippen molar-refractivity contribution in [1.29, 1.82) is 0 Å². The molecule has 1 aliphatic rings. The first kappa shape index (κ1) is 18.6. The van der Waals surface area contributed by atoms with Crippen molar-refractivity contribution in [3.8, 4) is 5.75 Å². The van der Waals surface area contributed by atoms with Crippen LogP contribution in [0.3, 0.4) is 0 Å². The summed E-state index contributed by atoms with van der Waals surface area (Å²) in [6.45, 7) is 3.55. The lowest BCUT2D eigenvalue weighted by Crippen LogP contribution is -2.53. The molecule has 8 nitrogen and oxygen atoms in total. The summed E-state index contributed by atoms with van der Waals surface area (Å²) in [5.74, 6) is 1.58. The van der Waals surface area contributed by atoms with Crippen molar-refractivity contribution in [1.82, 2.24) is 15.5 Å². The first-order chi connectivity index (χ1) is 13.2. The summed E-state index contributed by atoms with van der Waals surface area (Å²) in [6, 6.07) is 11.0. The maximum atomic E-state index is 12.0. The number of hydrogen-bond donors (Lipinski definition) is 3. The van der Waals surface area contributed by atoms with Crippen LogP contribution in [-0.2, 0) is 11.3 Å². The summed E-state index contributed by atoms with van der Waals surface area (Å²) in [6.07, 6.45) is 1.58. The zero-order chi connectivity index (χ0) is 19.1. The van der Waals surface area contributed by atoms with E-state index >= 15 is 0 Å². The molecule has 0 atom stereocenters. The first-order valence-corrected chi connectivity index (χ1v) is 8.95. The number of carbonyl (C=O) groups is 1. The average molecular weight is 371 g/mol. The molecule has 1 aromatic carbocycles. The van der Waals surface area contributed by atoms with E-state index in [1.165, 1.54) is 0 Å². The molecule has 3 N–H and O–H groups in total. The molecular weight excluding hydrogens is 346 g/mol. The van der Waals surface area contributed by atoms with Crippen LogP contribution >= 0.6 is 0 Å². The molecule has 1 aromatic heterocycles. The Kier molecular flexibility index (Phi) is 6.19. The minimum Gasteiger partial charge on any atom is -0.506 e. The van der Waals surface area contributed by atoms with Gasteiger partial charge in [-0.1, -0.05) is 12.1 Å². The lowest BCUT2D eigenvalue weighted by molar-refractivity contribution is -0.120. The van der Waals surface area contributed by atoms with Gasteiger partial charge < -0.3 is 30.0 Å². The minimum absolute atomic E-state index is 0.125. The Morgan fingerprint density at radius 3 is 2.59 bits per heavy atom. The molecule has 0 unspecified atom stereocenters. The van der Waals surface area contributed by atoms with E-state index in [2.05, 4.69) is 25.4 Å². The number of rotatable bonds is 5. The number of phenols is 1. The Hall–Kier alpha value is -3.16. The number of nitrogens with one attached hydrogen (secondary N) is 2. The molecule has 8 heteroatoms. The van der Waals surface area contributed by atoms with Gasteiger partial charge in [0, 0.05) is 33.2 Å². The van der Waals surface area contributed by atoms with Crippen LogP contribution in [-0.4, -0.2) is 61.6 Å². The molecule has 2 heterocycles. The molecule has 0 spiro atoms. The van der Waals surface area contributed by atoms with Gasteiger partial charge in [-0.3, -0.25) is 9.79 Å². The number of amides is 1. The van der Waals surface area contributed by atoms with Crippen LogP contribution in [0.1, 0.15) is 5.76 Å². The van der Waals surface area contributed by atoms with E-state index in [9.17, 15) is 9.90 Å². The zero-order valence-corrected chi connectivity index (χ0v) is 15.4. The lowest BCUT2D eigenvalue weighted by atomic mass is 10.2. The van der Waals surface area contributed by atoms with Crippen molar-refractivity contribution in [2.45, 2.75) is 6.54 Å². The predicted octanol–water partition coefficient (Wildman–Crippen LogP) is 0.999. The number of hydrogen-bond acceptors (Lipinski definition) is 5. The minimum atomic E-state index is -0.125. The standard InChI is InChI=1S/C19H25N5O3/c1-20-19(22-14-18(26)21-13-15-5-4-12-27-15)24-10-8-23(9-11-24)16-6-2-3-7-17(16)25/h2-7,12,25H,8-11,13-14H2,1H3,(H,20,22)(H,21,26). The highest BCUT2D eigenvalue weighted by Crippen LogP contribution is 2.27. The third-order valence-corrected chi connectivity index (χ3v) is 4.46. The highest BCUT2D eigenvalue weighted by atomic mass is 16.3. The summed E-state index contributed by atoms with van der Waals surface area (Å²) in [5, 5.41) is 15.9. The number of piperazine rings is 1. The van der Waals surface area contributed by atoms with Gasteiger partial charge in [0.1, 0.15) is 11.5 Å². The fourth-order valence-corrected chi connectivity index (χ4v) is 3.04. The van der Waals surface area contributed by atoms with Gasteiger partial charge in [0.15, 0.2) is 5.96 Å². The van der Waals surface area contributed by atoms with Crippen molar-refractivity contribution < 1.29 is 14.3 Å². The number of benzene rings is 1. The molecule has 3 rings (SSSR count). The van der Waals surface area contributed by atoms with Crippen LogP contribution in [0.5, 0.6) is 5.75 Å². The Morgan fingerprint density at radius 1 is 1.15 bits per heavy atom. The molecule has 1 aliphatic heterocycles. The smallest absolute Gasteiger partial charge is 0.239 e. The van der Waals surface area contributed by atoms with Crippen LogP contribution in [0.15, 0.2) is 52.1 Å². The molecule has 144 valence electrons. The van der Waals surface area contributed by atoms with E-state index in [-0.39, 0.29) is 12.5 Å². The van der Waals surface area contributed by atoms with Gasteiger partial charge in [-0.25, -0.2) is 0 Å². The predicted molar refractivity (Wildman–Crippen MR) is 104 cm³/mol. The monoisotopic (exact) mass is 371 g/mol. The molecule has 1 saturated heterocycles. The fourth-order valence-electron chi connectivity index (χ4n) is 3.04. The van der Waals surface area contributed by atoms with E-state index in [4.69, 9.17) is 4.42 Å². The van der Waals surface area contributed by atoms with Crippen LogP contribution in [0.2, 0.25) is 0 Å². The maximum absolute atomic E-state index is 12.0. The Bertz CT molecular complexity index is 767. The highest BCUT2D eigenvalue weighted by molar-refractivity contribution is 5.86. The van der Waals surface area contributed by atoms with Gasteiger partial charge in [0.05, 0.1) is 25.0 Å². The molecule has 0 bridgehead atoms. The number of guanidine groups is 1. The summed E-state index contributed by atoms with van der Waals surface area (Å²) in [4.78, 5) is 20.5. The number of carbonyl (C=O) groups excluding carboxylic acids is 1. The van der Waals surface area contributed by atoms with Gasteiger partial charge in [0.25, 0.3) is 0 Å². The van der Waals surface area contributed by atoms with E-state index in [0.29, 0.717) is 24.0 Å². The Balaban J connectivity index is 1.45. The van der Waals surface area contributed by atoms with Crippen LogP contribution in [0, 0.1) is 0 Å². The molecular formula is C19H25N5O3. The third-order valence-electron chi connectivity index (χ3n) is 4.46. The Morgan fingerprint density at radius 2 is 1.93 bits per heavy atom. The van der Waals surface area contributed by atoms with E-state index in [1.54, 1.807) is 25.4 Å². The molecule has 0 radical (unpaired) electrons. The van der Waals surface area contributed by atoms with Crippen molar-refractivity contribution in [2.24, 2.45) is 4.99 Å². The second-order valence-corrected chi connectivity index (χ2v) is 6.22. The fraction of sp³-hybridized carbons (Fsp3) is 0.368. The summed E-state index contributed by atoms with van der Waals surface area (Å²) >= 11 is 0. The summed E-state index contributed by atoms with van der Waals surface area (Å²) in [7, 11) is 1.71. The van der Waals surface area contributed by atoms with Gasteiger partial charge in [-0.15, -0.1) is 0 Å². The maximum Gasteiger partial charge on any atom is 0.239 e. The summed E-state index contributed by atoms with van der Waals surface area (Å²) in [5.41, 5.74) is 0.845. The number of anilines is 1. The second kappa shape index (κ2) is 8.98. The lowest BCUT2D eigenvalue weighted by Gasteiger charge is -2.37. The third kappa shape index (κ3) is 4.93. The number of aliphatic imine (C=N–C) groups is 1. The molecule has 0 aliphatic carbocycles.